The monoisotopic (exact) mass is 173 g/mol. The van der Waals surface area contributed by atoms with Gasteiger partial charge >= 0.3 is 29.6 Å². The van der Waals surface area contributed by atoms with Gasteiger partial charge in [-0.2, -0.15) is 0 Å². The van der Waals surface area contributed by atoms with E-state index < -0.39 is 11.1 Å². The maximum atomic E-state index is 10.1. The second-order valence-corrected chi connectivity index (χ2v) is 3.09. The molecule has 1 aromatic heterocycles. The third kappa shape index (κ3) is 2.88. The van der Waals surface area contributed by atoms with E-state index >= 15 is 0 Å². The average Bonchev–Trinajstić information content (AvgIpc) is 2.12. The molecule has 0 aliphatic carbocycles. The summed E-state index contributed by atoms with van der Waals surface area (Å²) in [5.74, 6) is 0. The fourth-order valence-corrected chi connectivity index (χ4v) is 1.30. The van der Waals surface area contributed by atoms with E-state index in [1.807, 2.05) is 0 Å². The van der Waals surface area contributed by atoms with Gasteiger partial charge in [-0.05, 0) is 0 Å². The summed E-state index contributed by atoms with van der Waals surface area (Å²) in [5, 5.41) is 1.66. The zero-order chi connectivity index (χ0) is 5.98. The number of aromatic nitrogens is 1. The van der Waals surface area contributed by atoms with E-state index in [1.54, 1.807) is 5.38 Å². The standard InChI is InChI=1S/C3H3NO2S2.Na.H/c5-8(6)3-4-1-2-7-3;;/h1-2H,(H,5,6);;. The van der Waals surface area contributed by atoms with Crippen molar-refractivity contribution in [1.82, 2.24) is 4.98 Å². The van der Waals surface area contributed by atoms with Crippen molar-refractivity contribution in [3.8, 4) is 0 Å². The second kappa shape index (κ2) is 4.54. The summed E-state index contributed by atoms with van der Waals surface area (Å²) in [5.41, 5.74) is 0. The maximum absolute atomic E-state index is 10.1. The Labute approximate surface area is 81.1 Å². The topological polar surface area (TPSA) is 50.2 Å². The first-order valence-electron chi connectivity index (χ1n) is 1.81. The Morgan fingerprint density at radius 3 is 2.67 bits per heavy atom. The van der Waals surface area contributed by atoms with Crippen molar-refractivity contribution in [3.05, 3.63) is 11.6 Å². The Balaban J connectivity index is 0.000000640. The second-order valence-electron chi connectivity index (χ2n) is 1.05. The molecule has 46 valence electrons. The summed E-state index contributed by atoms with van der Waals surface area (Å²) < 4.78 is 18.7. The van der Waals surface area contributed by atoms with E-state index in [1.165, 1.54) is 17.5 Å². The molecule has 0 fully saturated rings. The molecule has 1 N–H and O–H groups in total. The minimum absolute atomic E-state index is 0. The molecule has 1 heterocycles. The van der Waals surface area contributed by atoms with Gasteiger partial charge in [0.15, 0.2) is 0 Å². The summed E-state index contributed by atoms with van der Waals surface area (Å²) in [6.45, 7) is 0. The van der Waals surface area contributed by atoms with E-state index in [2.05, 4.69) is 4.98 Å². The summed E-state index contributed by atoms with van der Waals surface area (Å²) in [6, 6.07) is 0. The number of nitrogens with zero attached hydrogens (tertiary/aromatic N) is 1. The molecule has 1 aromatic rings. The average molecular weight is 173 g/mol. The predicted octanol–water partition coefficient (Wildman–Crippen LogP) is 0.0752. The zero-order valence-electron chi connectivity index (χ0n) is 3.77. The quantitative estimate of drug-likeness (QED) is 0.483. The van der Waals surface area contributed by atoms with E-state index in [9.17, 15) is 4.21 Å². The van der Waals surface area contributed by atoms with E-state index in [4.69, 9.17) is 4.55 Å². The summed E-state index contributed by atoms with van der Waals surface area (Å²) in [4.78, 5) is 3.58. The SMILES string of the molecule is O=S(O)c1nccs1.[NaH]. The van der Waals surface area contributed by atoms with Crippen molar-refractivity contribution in [2.75, 3.05) is 0 Å². The molecule has 0 bridgehead atoms. The van der Waals surface area contributed by atoms with Crippen LogP contribution in [-0.4, -0.2) is 43.3 Å². The van der Waals surface area contributed by atoms with Crippen LogP contribution < -0.4 is 0 Å². The van der Waals surface area contributed by atoms with Crippen LogP contribution in [0.4, 0.5) is 0 Å². The summed E-state index contributed by atoms with van der Waals surface area (Å²) in [6.07, 6.45) is 1.49. The van der Waals surface area contributed by atoms with Gasteiger partial charge in [0.1, 0.15) is 0 Å². The van der Waals surface area contributed by atoms with Crippen LogP contribution in [0.25, 0.3) is 0 Å². The molecule has 0 aliphatic rings. The van der Waals surface area contributed by atoms with Crippen LogP contribution in [0.5, 0.6) is 0 Å². The molecular weight excluding hydrogens is 169 g/mol. The van der Waals surface area contributed by atoms with Crippen molar-refractivity contribution in [1.29, 1.82) is 0 Å². The van der Waals surface area contributed by atoms with E-state index in [0.717, 1.165) is 0 Å². The number of hydrogen-bond donors (Lipinski definition) is 1. The Hall–Kier alpha value is 0.740. The van der Waals surface area contributed by atoms with Gasteiger partial charge in [0.2, 0.25) is 15.4 Å². The van der Waals surface area contributed by atoms with Crippen molar-refractivity contribution in [3.63, 3.8) is 0 Å². The molecule has 0 aromatic carbocycles. The van der Waals surface area contributed by atoms with Crippen molar-refractivity contribution < 1.29 is 8.76 Å². The van der Waals surface area contributed by atoms with Crippen LogP contribution >= 0.6 is 11.3 Å². The minimum atomic E-state index is -1.89. The fourth-order valence-electron chi connectivity index (χ4n) is 0.297. The molecule has 1 rings (SSSR count). The van der Waals surface area contributed by atoms with Gasteiger partial charge in [-0.1, -0.05) is 0 Å². The Morgan fingerprint density at radius 1 is 1.78 bits per heavy atom. The van der Waals surface area contributed by atoms with Crippen LogP contribution in [0.2, 0.25) is 0 Å². The van der Waals surface area contributed by atoms with Gasteiger partial charge < -0.3 is 4.55 Å². The predicted molar refractivity (Wildman–Crippen MR) is 38.3 cm³/mol. The van der Waals surface area contributed by atoms with Crippen molar-refractivity contribution >= 4 is 52.0 Å². The van der Waals surface area contributed by atoms with Crippen LogP contribution in [0.3, 0.4) is 0 Å². The molecule has 0 spiro atoms. The first-order valence-corrected chi connectivity index (χ1v) is 3.79. The first-order chi connectivity index (χ1) is 3.80. The van der Waals surface area contributed by atoms with Gasteiger partial charge in [0.25, 0.3) is 0 Å². The van der Waals surface area contributed by atoms with E-state index in [0.29, 0.717) is 0 Å². The number of hydrogen-bond acceptors (Lipinski definition) is 3. The molecule has 6 heteroatoms. The molecule has 0 radical (unpaired) electrons. The molecule has 0 aliphatic heterocycles. The van der Waals surface area contributed by atoms with Crippen LogP contribution in [0, 0.1) is 0 Å². The Kier molecular flexibility index (Phi) is 4.91. The van der Waals surface area contributed by atoms with Crippen molar-refractivity contribution in [2.45, 2.75) is 4.34 Å². The van der Waals surface area contributed by atoms with E-state index in [-0.39, 0.29) is 33.9 Å². The number of thiazole rings is 1. The first kappa shape index (κ1) is 9.74. The van der Waals surface area contributed by atoms with Gasteiger partial charge in [0.05, 0.1) is 0 Å². The van der Waals surface area contributed by atoms with Gasteiger partial charge in [0, 0.05) is 11.6 Å². The fraction of sp³-hybridized carbons (Fsp3) is 0. The van der Waals surface area contributed by atoms with Gasteiger partial charge in [-0.25, -0.2) is 9.19 Å². The van der Waals surface area contributed by atoms with Crippen LogP contribution in [0.15, 0.2) is 15.9 Å². The molecule has 1 unspecified atom stereocenters. The Bertz CT molecular complexity index is 188. The molecule has 0 saturated heterocycles. The van der Waals surface area contributed by atoms with Crippen molar-refractivity contribution in [2.24, 2.45) is 0 Å². The molecule has 3 nitrogen and oxygen atoms in total. The third-order valence-electron chi connectivity index (χ3n) is 0.559. The summed E-state index contributed by atoms with van der Waals surface area (Å²) in [7, 11) is 0. The molecule has 9 heavy (non-hydrogen) atoms. The van der Waals surface area contributed by atoms with Crippen LogP contribution in [0.1, 0.15) is 0 Å². The molecular formula is C3H4NNaO2S2. The summed E-state index contributed by atoms with van der Waals surface area (Å²) >= 11 is -0.721. The van der Waals surface area contributed by atoms with Gasteiger partial charge in [-0.15, -0.1) is 11.3 Å². The molecule has 0 saturated carbocycles. The third-order valence-corrected chi connectivity index (χ3v) is 2.24. The normalized spacial score (nSPS) is 12.1. The Morgan fingerprint density at radius 2 is 2.44 bits per heavy atom. The molecule has 1 atom stereocenters. The van der Waals surface area contributed by atoms with Gasteiger partial charge in [-0.3, -0.25) is 0 Å². The molecule has 0 amide bonds. The number of rotatable bonds is 1. The zero-order valence-corrected chi connectivity index (χ0v) is 5.41. The van der Waals surface area contributed by atoms with Crippen LogP contribution in [-0.2, 0) is 11.1 Å².